The van der Waals surface area contributed by atoms with E-state index in [2.05, 4.69) is 10.6 Å². The topological polar surface area (TPSA) is 102 Å². The summed E-state index contributed by atoms with van der Waals surface area (Å²) in [4.78, 5) is 26.2. The van der Waals surface area contributed by atoms with Gasteiger partial charge in [-0.15, -0.1) is 11.8 Å². The first-order valence-corrected chi connectivity index (χ1v) is 9.28. The minimum atomic E-state index is -1.05. The quantitative estimate of drug-likeness (QED) is 0.490. The lowest BCUT2D eigenvalue weighted by molar-refractivity contribution is -0.163. The fourth-order valence-electron chi connectivity index (χ4n) is 4.13. The number of likely N-dealkylation sites (N-methyl/N-ethyl adjacent to an activating group) is 1. The van der Waals surface area contributed by atoms with E-state index < -0.39 is 18.0 Å². The largest absolute Gasteiger partial charge is 0.477 e. The standard InChI is InChI=1S/C16H25N3O4S/c1-7-12-11(8(2)20)15(21)19(12)13(16(22)23)14(7)24-10-4-9(5-17-3)18-6-10/h7-12,17-18,20H,4-6H2,1-3H3,(H,22,23). The fourth-order valence-corrected chi connectivity index (χ4v) is 5.65. The molecule has 0 aliphatic carbocycles. The van der Waals surface area contributed by atoms with Gasteiger partial charge < -0.3 is 25.7 Å². The maximum atomic E-state index is 12.3. The van der Waals surface area contributed by atoms with Crippen molar-refractivity contribution in [2.75, 3.05) is 20.1 Å². The fraction of sp³-hybridized carbons (Fsp3) is 0.750. The molecule has 7 nitrogen and oxygen atoms in total. The Labute approximate surface area is 145 Å². The van der Waals surface area contributed by atoms with E-state index in [9.17, 15) is 19.8 Å². The summed E-state index contributed by atoms with van der Waals surface area (Å²) in [5, 5.41) is 26.4. The molecule has 0 aromatic carbocycles. The smallest absolute Gasteiger partial charge is 0.353 e. The zero-order chi connectivity index (χ0) is 17.6. The number of carbonyl (C=O) groups is 2. The Hall–Kier alpha value is -1.09. The molecule has 6 unspecified atom stereocenters. The summed E-state index contributed by atoms with van der Waals surface area (Å²) in [7, 11) is 1.92. The van der Waals surface area contributed by atoms with Crippen LogP contribution < -0.4 is 10.6 Å². The Morgan fingerprint density at radius 1 is 1.54 bits per heavy atom. The van der Waals surface area contributed by atoms with Gasteiger partial charge in [0.15, 0.2) is 0 Å². The van der Waals surface area contributed by atoms with Crippen LogP contribution in [0.4, 0.5) is 0 Å². The van der Waals surface area contributed by atoms with Gasteiger partial charge in [-0.3, -0.25) is 4.79 Å². The van der Waals surface area contributed by atoms with Crippen molar-refractivity contribution in [2.45, 2.75) is 43.7 Å². The highest BCUT2D eigenvalue weighted by atomic mass is 32.2. The molecule has 0 saturated carbocycles. The Balaban J connectivity index is 1.79. The van der Waals surface area contributed by atoms with Gasteiger partial charge in [0.1, 0.15) is 5.70 Å². The second-order valence-electron chi connectivity index (χ2n) is 6.91. The third-order valence-electron chi connectivity index (χ3n) is 5.24. The molecule has 4 N–H and O–H groups in total. The molecule has 0 aromatic heterocycles. The van der Waals surface area contributed by atoms with Crippen LogP contribution in [0.25, 0.3) is 0 Å². The van der Waals surface area contributed by atoms with Crippen LogP contribution in [0.1, 0.15) is 20.3 Å². The van der Waals surface area contributed by atoms with Crippen molar-refractivity contribution in [2.24, 2.45) is 11.8 Å². The van der Waals surface area contributed by atoms with Crippen LogP contribution in [0.2, 0.25) is 0 Å². The monoisotopic (exact) mass is 355 g/mol. The first-order valence-electron chi connectivity index (χ1n) is 8.40. The van der Waals surface area contributed by atoms with Crippen molar-refractivity contribution in [3.8, 4) is 0 Å². The van der Waals surface area contributed by atoms with Gasteiger partial charge >= 0.3 is 5.97 Å². The molecule has 2 saturated heterocycles. The molecule has 8 heteroatoms. The Bertz CT molecular complexity index is 580. The molecule has 3 aliphatic heterocycles. The number of rotatable bonds is 6. The summed E-state index contributed by atoms with van der Waals surface area (Å²) < 4.78 is 0. The van der Waals surface area contributed by atoms with Gasteiger partial charge in [-0.1, -0.05) is 6.92 Å². The molecular formula is C16H25N3O4S. The van der Waals surface area contributed by atoms with Gasteiger partial charge in [0, 0.05) is 35.2 Å². The lowest BCUT2D eigenvalue weighted by atomic mass is 9.79. The molecule has 6 atom stereocenters. The van der Waals surface area contributed by atoms with Gasteiger partial charge in [0.05, 0.1) is 18.1 Å². The van der Waals surface area contributed by atoms with Crippen molar-refractivity contribution in [3.63, 3.8) is 0 Å². The molecule has 24 heavy (non-hydrogen) atoms. The van der Waals surface area contributed by atoms with Crippen molar-refractivity contribution < 1.29 is 19.8 Å². The average molecular weight is 355 g/mol. The van der Waals surface area contributed by atoms with Crippen molar-refractivity contribution in [3.05, 3.63) is 10.6 Å². The van der Waals surface area contributed by atoms with Crippen molar-refractivity contribution in [1.29, 1.82) is 0 Å². The van der Waals surface area contributed by atoms with E-state index in [1.54, 1.807) is 18.7 Å². The lowest BCUT2D eigenvalue weighted by Gasteiger charge is -2.46. The molecular weight excluding hydrogens is 330 g/mol. The molecule has 0 aromatic rings. The molecule has 0 bridgehead atoms. The highest BCUT2D eigenvalue weighted by Crippen LogP contribution is 2.51. The van der Waals surface area contributed by atoms with Crippen LogP contribution in [-0.2, 0) is 9.59 Å². The number of thioether (sulfide) groups is 1. The molecule has 3 aliphatic rings. The maximum absolute atomic E-state index is 12.3. The number of hydrogen-bond donors (Lipinski definition) is 4. The number of nitrogens with zero attached hydrogens (tertiary/aromatic N) is 1. The van der Waals surface area contributed by atoms with Crippen LogP contribution >= 0.6 is 11.8 Å². The minimum Gasteiger partial charge on any atom is -0.477 e. The number of carbonyl (C=O) groups excluding carboxylic acids is 1. The Kier molecular flexibility index (Phi) is 4.92. The van der Waals surface area contributed by atoms with Crippen LogP contribution in [0.5, 0.6) is 0 Å². The number of amides is 1. The summed E-state index contributed by atoms with van der Waals surface area (Å²) >= 11 is 1.59. The number of aliphatic hydroxyl groups excluding tert-OH is 1. The van der Waals surface area contributed by atoms with Gasteiger partial charge in [-0.2, -0.15) is 0 Å². The zero-order valence-corrected chi connectivity index (χ0v) is 15.0. The van der Waals surface area contributed by atoms with Crippen molar-refractivity contribution in [1.82, 2.24) is 15.5 Å². The third-order valence-corrected chi connectivity index (χ3v) is 6.75. The van der Waals surface area contributed by atoms with Crippen molar-refractivity contribution >= 4 is 23.6 Å². The molecule has 1 amide bonds. The second-order valence-corrected chi connectivity index (χ2v) is 8.25. The van der Waals surface area contributed by atoms with Crippen LogP contribution in [0.3, 0.4) is 0 Å². The number of aliphatic hydroxyl groups is 1. The molecule has 0 spiro atoms. The number of hydrogen-bond acceptors (Lipinski definition) is 6. The number of carboxylic acid groups (broad SMARTS) is 1. The van der Waals surface area contributed by atoms with E-state index in [-0.39, 0.29) is 23.6 Å². The molecule has 134 valence electrons. The normalized spacial score (nSPS) is 36.8. The molecule has 3 heterocycles. The van der Waals surface area contributed by atoms with E-state index in [0.29, 0.717) is 11.3 Å². The number of carboxylic acids is 1. The summed E-state index contributed by atoms with van der Waals surface area (Å²) in [6, 6.07) is 0.163. The van der Waals surface area contributed by atoms with Crippen LogP contribution in [0.15, 0.2) is 10.6 Å². The zero-order valence-electron chi connectivity index (χ0n) is 14.2. The predicted octanol–water partition coefficient (Wildman–Crippen LogP) is -0.177. The first kappa shape index (κ1) is 17.7. The predicted molar refractivity (Wildman–Crippen MR) is 91.3 cm³/mol. The summed E-state index contributed by atoms with van der Waals surface area (Å²) in [5.41, 5.74) is 0.122. The van der Waals surface area contributed by atoms with E-state index >= 15 is 0 Å². The van der Waals surface area contributed by atoms with Crippen LogP contribution in [-0.4, -0.2) is 70.6 Å². The summed E-state index contributed by atoms with van der Waals surface area (Å²) in [6.07, 6.45) is 0.210. The molecule has 2 fully saturated rings. The number of nitrogens with one attached hydrogen (secondary N) is 2. The summed E-state index contributed by atoms with van der Waals surface area (Å²) in [5.74, 6) is -1.87. The highest BCUT2D eigenvalue weighted by molar-refractivity contribution is 8.03. The van der Waals surface area contributed by atoms with E-state index in [4.69, 9.17) is 0 Å². The maximum Gasteiger partial charge on any atom is 0.353 e. The van der Waals surface area contributed by atoms with Crippen LogP contribution in [0, 0.1) is 11.8 Å². The van der Waals surface area contributed by atoms with E-state index in [1.807, 2.05) is 14.0 Å². The number of fused-ring (bicyclic) bond motifs is 1. The highest BCUT2D eigenvalue weighted by Gasteiger charge is 2.60. The molecule has 0 radical (unpaired) electrons. The second kappa shape index (κ2) is 6.67. The van der Waals surface area contributed by atoms with Gasteiger partial charge in [0.2, 0.25) is 5.91 Å². The first-order chi connectivity index (χ1) is 11.4. The van der Waals surface area contributed by atoms with Gasteiger partial charge in [-0.05, 0) is 20.4 Å². The minimum absolute atomic E-state index is 0.0539. The molecule has 3 rings (SSSR count). The van der Waals surface area contributed by atoms with E-state index in [0.717, 1.165) is 24.4 Å². The Morgan fingerprint density at radius 3 is 2.83 bits per heavy atom. The van der Waals surface area contributed by atoms with Gasteiger partial charge in [0.25, 0.3) is 0 Å². The summed E-state index contributed by atoms with van der Waals surface area (Å²) in [6.45, 7) is 5.28. The Morgan fingerprint density at radius 2 is 2.25 bits per heavy atom. The average Bonchev–Trinajstić information content (AvgIpc) is 3.02. The number of β-lactam (4-membered cyclic amide) rings is 1. The number of aliphatic carboxylic acids is 1. The van der Waals surface area contributed by atoms with Gasteiger partial charge in [-0.25, -0.2) is 4.79 Å². The SMILES string of the molecule is CNCC1CC(SC2=C(C(=O)O)N3C(=O)C(C(C)O)C3C2C)CN1. The van der Waals surface area contributed by atoms with E-state index in [1.165, 1.54) is 4.90 Å². The third kappa shape index (κ3) is 2.75. The lowest BCUT2D eigenvalue weighted by Crippen LogP contribution is -2.63.